The molecule has 24 heavy (non-hydrogen) atoms. The van der Waals surface area contributed by atoms with Crippen LogP contribution in [0.25, 0.3) is 0 Å². The lowest BCUT2D eigenvalue weighted by Crippen LogP contribution is -2.44. The first-order valence-electron chi connectivity index (χ1n) is 9.82. The van der Waals surface area contributed by atoms with Crippen molar-refractivity contribution in [3.63, 3.8) is 0 Å². The minimum Gasteiger partial charge on any atom is -0.357 e. The van der Waals surface area contributed by atoms with Gasteiger partial charge >= 0.3 is 0 Å². The second-order valence-electron chi connectivity index (χ2n) is 6.98. The Morgan fingerprint density at radius 3 is 2.79 bits per heavy atom. The van der Waals surface area contributed by atoms with Gasteiger partial charge in [0.25, 0.3) is 0 Å². The molecule has 3 rings (SSSR count). The van der Waals surface area contributed by atoms with E-state index >= 15 is 0 Å². The summed E-state index contributed by atoms with van der Waals surface area (Å²) in [5.74, 6) is 3.22. The second-order valence-corrected chi connectivity index (χ2v) is 6.98. The van der Waals surface area contributed by atoms with Crippen LogP contribution in [0.5, 0.6) is 0 Å². The quantitative estimate of drug-likeness (QED) is 0.642. The molecule has 0 amide bonds. The monoisotopic (exact) mass is 332 g/mol. The molecule has 1 aliphatic heterocycles. The van der Waals surface area contributed by atoms with E-state index in [1.165, 1.54) is 57.2 Å². The average Bonchev–Trinajstić information content (AvgIpc) is 2.83. The molecule has 134 valence electrons. The van der Waals surface area contributed by atoms with Gasteiger partial charge in [-0.1, -0.05) is 25.7 Å². The number of nitrogens with one attached hydrogen (secondary N) is 2. The van der Waals surface area contributed by atoms with Gasteiger partial charge in [0, 0.05) is 38.5 Å². The molecule has 2 N–H and O–H groups in total. The average molecular weight is 332 g/mol. The standard InChI is InChI=1S/C18H32N6/c1-2-19-18(21-15-9-5-3-6-10-15)20-13-12-17-23-22-16-11-7-4-8-14-24(16)17/h15H,2-14H2,1H3,(H2,19,20,21). The molecule has 1 fully saturated rings. The molecular formula is C18H32N6. The van der Waals surface area contributed by atoms with Gasteiger partial charge in [-0.3, -0.25) is 4.99 Å². The van der Waals surface area contributed by atoms with Gasteiger partial charge in [-0.15, -0.1) is 10.2 Å². The minimum atomic E-state index is 0.584. The van der Waals surface area contributed by atoms with Gasteiger partial charge < -0.3 is 15.2 Å². The number of hydrogen-bond acceptors (Lipinski definition) is 3. The largest absolute Gasteiger partial charge is 0.357 e. The van der Waals surface area contributed by atoms with E-state index in [2.05, 4.69) is 32.3 Å². The van der Waals surface area contributed by atoms with E-state index in [0.29, 0.717) is 6.04 Å². The second kappa shape index (κ2) is 9.04. The van der Waals surface area contributed by atoms with Crippen molar-refractivity contribution >= 4 is 5.96 Å². The van der Waals surface area contributed by atoms with E-state index in [9.17, 15) is 0 Å². The normalized spacial score (nSPS) is 19.6. The van der Waals surface area contributed by atoms with Crippen LogP contribution in [0.2, 0.25) is 0 Å². The zero-order chi connectivity index (χ0) is 16.6. The van der Waals surface area contributed by atoms with E-state index < -0.39 is 0 Å². The van der Waals surface area contributed by atoms with Gasteiger partial charge in [0.1, 0.15) is 11.6 Å². The van der Waals surface area contributed by atoms with Crippen LogP contribution in [0.3, 0.4) is 0 Å². The van der Waals surface area contributed by atoms with Crippen molar-refractivity contribution in [3.05, 3.63) is 11.6 Å². The first-order chi connectivity index (χ1) is 11.9. The summed E-state index contributed by atoms with van der Waals surface area (Å²) < 4.78 is 2.32. The van der Waals surface area contributed by atoms with Crippen LogP contribution in [0, 0.1) is 0 Å². The Balaban J connectivity index is 1.55. The molecule has 0 saturated heterocycles. The lowest BCUT2D eigenvalue weighted by molar-refractivity contribution is 0.410. The predicted octanol–water partition coefficient (Wildman–Crippen LogP) is 2.43. The van der Waals surface area contributed by atoms with Gasteiger partial charge in [0.2, 0.25) is 0 Å². The van der Waals surface area contributed by atoms with Crippen LogP contribution >= 0.6 is 0 Å². The summed E-state index contributed by atoms with van der Waals surface area (Å²) in [6.07, 6.45) is 12.3. The van der Waals surface area contributed by atoms with Crippen LogP contribution in [-0.2, 0) is 19.4 Å². The van der Waals surface area contributed by atoms with Gasteiger partial charge in [0.15, 0.2) is 5.96 Å². The summed E-state index contributed by atoms with van der Waals surface area (Å²) in [4.78, 5) is 4.77. The molecule has 6 nitrogen and oxygen atoms in total. The van der Waals surface area contributed by atoms with Crippen molar-refractivity contribution in [1.29, 1.82) is 0 Å². The molecule has 6 heteroatoms. The number of aromatic nitrogens is 3. The number of nitrogens with zero attached hydrogens (tertiary/aromatic N) is 4. The molecule has 2 heterocycles. The molecule has 0 unspecified atom stereocenters. The number of rotatable bonds is 5. The number of aryl methyl sites for hydroxylation is 1. The molecule has 1 saturated carbocycles. The molecular weight excluding hydrogens is 300 g/mol. The molecule has 1 aromatic rings. The Morgan fingerprint density at radius 1 is 1.12 bits per heavy atom. The third kappa shape index (κ3) is 4.71. The Labute approximate surface area is 145 Å². The van der Waals surface area contributed by atoms with Gasteiger partial charge in [-0.05, 0) is 32.6 Å². The Bertz CT molecular complexity index is 530. The molecule has 0 atom stereocenters. The highest BCUT2D eigenvalue weighted by Crippen LogP contribution is 2.17. The van der Waals surface area contributed by atoms with E-state index in [4.69, 9.17) is 4.99 Å². The number of guanidine groups is 1. The summed E-state index contributed by atoms with van der Waals surface area (Å²) in [5.41, 5.74) is 0. The zero-order valence-corrected chi connectivity index (χ0v) is 15.1. The molecule has 0 aromatic carbocycles. The summed E-state index contributed by atoms with van der Waals surface area (Å²) >= 11 is 0. The summed E-state index contributed by atoms with van der Waals surface area (Å²) in [6.45, 7) is 4.86. The highest BCUT2D eigenvalue weighted by Gasteiger charge is 2.16. The van der Waals surface area contributed by atoms with Crippen LogP contribution in [-0.4, -0.2) is 39.9 Å². The fourth-order valence-electron chi connectivity index (χ4n) is 3.76. The molecule has 2 aliphatic rings. The lowest BCUT2D eigenvalue weighted by Gasteiger charge is -2.24. The predicted molar refractivity (Wildman–Crippen MR) is 97.3 cm³/mol. The molecule has 0 spiro atoms. The SMILES string of the molecule is CCNC(=NCCc1nnc2n1CCCCC2)NC1CCCCC1. The summed E-state index contributed by atoms with van der Waals surface area (Å²) in [7, 11) is 0. The van der Waals surface area contributed by atoms with Crippen molar-refractivity contribution < 1.29 is 0 Å². The highest BCUT2D eigenvalue weighted by atomic mass is 15.3. The maximum Gasteiger partial charge on any atom is 0.191 e. The number of fused-ring (bicyclic) bond motifs is 1. The van der Waals surface area contributed by atoms with Crippen LogP contribution in [0.4, 0.5) is 0 Å². The third-order valence-electron chi connectivity index (χ3n) is 5.08. The highest BCUT2D eigenvalue weighted by molar-refractivity contribution is 5.80. The van der Waals surface area contributed by atoms with E-state index in [-0.39, 0.29) is 0 Å². The fraction of sp³-hybridized carbons (Fsp3) is 0.833. The lowest BCUT2D eigenvalue weighted by atomic mass is 9.96. The molecule has 0 radical (unpaired) electrons. The zero-order valence-electron chi connectivity index (χ0n) is 15.1. The van der Waals surface area contributed by atoms with Crippen molar-refractivity contribution in [1.82, 2.24) is 25.4 Å². The Kier molecular flexibility index (Phi) is 6.49. The Hall–Kier alpha value is -1.59. The van der Waals surface area contributed by atoms with E-state index in [1.54, 1.807) is 0 Å². The van der Waals surface area contributed by atoms with E-state index in [0.717, 1.165) is 44.3 Å². The van der Waals surface area contributed by atoms with Crippen molar-refractivity contribution in [3.8, 4) is 0 Å². The smallest absolute Gasteiger partial charge is 0.191 e. The van der Waals surface area contributed by atoms with Gasteiger partial charge in [-0.2, -0.15) is 0 Å². The topological polar surface area (TPSA) is 67.1 Å². The molecule has 1 aliphatic carbocycles. The third-order valence-corrected chi connectivity index (χ3v) is 5.08. The maximum absolute atomic E-state index is 4.77. The first kappa shape index (κ1) is 17.2. The number of hydrogen-bond donors (Lipinski definition) is 2. The molecule has 0 bridgehead atoms. The molecule has 1 aromatic heterocycles. The van der Waals surface area contributed by atoms with Gasteiger partial charge in [-0.25, -0.2) is 0 Å². The number of aliphatic imine (C=N–C) groups is 1. The maximum atomic E-state index is 4.77. The van der Waals surface area contributed by atoms with E-state index in [1.807, 2.05) is 0 Å². The fourth-order valence-corrected chi connectivity index (χ4v) is 3.76. The summed E-state index contributed by atoms with van der Waals surface area (Å²) in [6, 6.07) is 0.584. The van der Waals surface area contributed by atoms with Crippen molar-refractivity contribution in [2.45, 2.75) is 83.7 Å². The van der Waals surface area contributed by atoms with Crippen LogP contribution in [0.15, 0.2) is 4.99 Å². The summed E-state index contributed by atoms with van der Waals surface area (Å²) in [5, 5.41) is 15.8. The van der Waals surface area contributed by atoms with Gasteiger partial charge in [0.05, 0.1) is 0 Å². The first-order valence-corrected chi connectivity index (χ1v) is 9.82. The van der Waals surface area contributed by atoms with Crippen molar-refractivity contribution in [2.75, 3.05) is 13.1 Å². The minimum absolute atomic E-state index is 0.584. The van der Waals surface area contributed by atoms with Crippen molar-refractivity contribution in [2.24, 2.45) is 4.99 Å². The van der Waals surface area contributed by atoms with Crippen LogP contribution in [0.1, 0.15) is 69.9 Å². The van der Waals surface area contributed by atoms with Crippen LogP contribution < -0.4 is 10.6 Å². The Morgan fingerprint density at radius 2 is 1.96 bits per heavy atom.